The SMILES string of the molecule is COC(=O)C12CNCC1CC(NC(=O)OC(C)(C)C)C2. The van der Waals surface area contributed by atoms with Gasteiger partial charge in [-0.05, 0) is 46.1 Å². The van der Waals surface area contributed by atoms with Gasteiger partial charge >= 0.3 is 12.1 Å². The number of ether oxygens (including phenoxy) is 2. The molecule has 2 fully saturated rings. The predicted octanol–water partition coefficient (Wildman–Crippen LogP) is 1.05. The summed E-state index contributed by atoms with van der Waals surface area (Å²) in [5, 5.41) is 6.12. The lowest BCUT2D eigenvalue weighted by molar-refractivity contribution is -0.153. The number of esters is 1. The summed E-state index contributed by atoms with van der Waals surface area (Å²) >= 11 is 0. The van der Waals surface area contributed by atoms with Crippen LogP contribution in [0.4, 0.5) is 4.79 Å². The first-order valence-electron chi connectivity index (χ1n) is 7.05. The van der Waals surface area contributed by atoms with Gasteiger partial charge in [0.25, 0.3) is 0 Å². The van der Waals surface area contributed by atoms with Gasteiger partial charge in [-0.25, -0.2) is 4.79 Å². The Morgan fingerprint density at radius 3 is 2.65 bits per heavy atom. The van der Waals surface area contributed by atoms with E-state index in [1.54, 1.807) is 0 Å². The normalized spacial score (nSPS) is 32.6. The van der Waals surface area contributed by atoms with Gasteiger partial charge in [0, 0.05) is 12.6 Å². The van der Waals surface area contributed by atoms with Crippen molar-refractivity contribution in [2.45, 2.75) is 45.3 Å². The first-order chi connectivity index (χ1) is 9.27. The summed E-state index contributed by atoms with van der Waals surface area (Å²) in [6, 6.07) is -0.0314. The number of nitrogens with one attached hydrogen (secondary N) is 2. The van der Waals surface area contributed by atoms with Crippen LogP contribution in [0.25, 0.3) is 0 Å². The Hall–Kier alpha value is -1.30. The molecule has 6 heteroatoms. The summed E-state index contributed by atoms with van der Waals surface area (Å²) in [5.41, 5.74) is -1.01. The number of rotatable bonds is 2. The molecule has 1 aliphatic carbocycles. The van der Waals surface area contributed by atoms with Gasteiger partial charge in [-0.2, -0.15) is 0 Å². The number of alkyl carbamates (subject to hydrolysis) is 1. The molecule has 1 saturated carbocycles. The van der Waals surface area contributed by atoms with Crippen LogP contribution in [0.5, 0.6) is 0 Å². The lowest BCUT2D eigenvalue weighted by Crippen LogP contribution is -2.41. The molecule has 114 valence electrons. The van der Waals surface area contributed by atoms with E-state index in [9.17, 15) is 9.59 Å². The van der Waals surface area contributed by atoms with E-state index in [2.05, 4.69) is 10.6 Å². The maximum Gasteiger partial charge on any atom is 0.407 e. The fourth-order valence-electron chi connectivity index (χ4n) is 3.33. The Morgan fingerprint density at radius 1 is 1.35 bits per heavy atom. The van der Waals surface area contributed by atoms with Crippen LogP contribution in [0.3, 0.4) is 0 Å². The van der Waals surface area contributed by atoms with E-state index in [0.29, 0.717) is 13.0 Å². The van der Waals surface area contributed by atoms with Gasteiger partial charge in [0.1, 0.15) is 5.60 Å². The molecule has 0 bridgehead atoms. The van der Waals surface area contributed by atoms with Crippen molar-refractivity contribution in [2.24, 2.45) is 11.3 Å². The highest BCUT2D eigenvalue weighted by Crippen LogP contribution is 2.46. The molecule has 0 aromatic rings. The molecule has 0 aromatic carbocycles. The maximum absolute atomic E-state index is 12.1. The molecule has 6 nitrogen and oxygen atoms in total. The molecular weight excluding hydrogens is 260 g/mol. The van der Waals surface area contributed by atoms with Crippen molar-refractivity contribution in [1.82, 2.24) is 10.6 Å². The van der Waals surface area contributed by atoms with Crippen LogP contribution < -0.4 is 10.6 Å². The molecule has 1 amide bonds. The van der Waals surface area contributed by atoms with E-state index in [1.165, 1.54) is 7.11 Å². The number of amides is 1. The maximum atomic E-state index is 12.1. The molecule has 0 radical (unpaired) electrons. The molecular formula is C14H24N2O4. The minimum absolute atomic E-state index is 0.0314. The number of hydrogen-bond donors (Lipinski definition) is 2. The quantitative estimate of drug-likeness (QED) is 0.741. The molecule has 3 atom stereocenters. The largest absolute Gasteiger partial charge is 0.469 e. The third kappa shape index (κ3) is 2.90. The topological polar surface area (TPSA) is 76.7 Å². The number of carbonyl (C=O) groups excluding carboxylic acids is 2. The summed E-state index contributed by atoms with van der Waals surface area (Å²) in [7, 11) is 1.42. The van der Waals surface area contributed by atoms with Crippen LogP contribution in [-0.4, -0.2) is 43.9 Å². The Bertz CT molecular complexity index is 404. The molecule has 0 aromatic heterocycles. The lowest BCUT2D eigenvalue weighted by Gasteiger charge is -2.25. The van der Waals surface area contributed by atoms with E-state index in [-0.39, 0.29) is 17.9 Å². The van der Waals surface area contributed by atoms with Gasteiger partial charge in [0.2, 0.25) is 0 Å². The summed E-state index contributed by atoms with van der Waals surface area (Å²) in [6.45, 7) is 6.90. The fraction of sp³-hybridized carbons (Fsp3) is 0.857. The fourth-order valence-corrected chi connectivity index (χ4v) is 3.33. The van der Waals surface area contributed by atoms with E-state index in [4.69, 9.17) is 9.47 Å². The molecule has 3 unspecified atom stereocenters. The molecule has 20 heavy (non-hydrogen) atoms. The summed E-state index contributed by atoms with van der Waals surface area (Å²) in [4.78, 5) is 23.9. The average Bonchev–Trinajstić information content (AvgIpc) is 2.82. The third-order valence-electron chi connectivity index (χ3n) is 4.11. The zero-order valence-electron chi connectivity index (χ0n) is 12.6. The Morgan fingerprint density at radius 2 is 2.05 bits per heavy atom. The highest BCUT2D eigenvalue weighted by Gasteiger charge is 2.56. The van der Waals surface area contributed by atoms with Gasteiger partial charge < -0.3 is 20.1 Å². The van der Waals surface area contributed by atoms with E-state index in [0.717, 1.165) is 13.0 Å². The van der Waals surface area contributed by atoms with Crippen LogP contribution in [-0.2, 0) is 14.3 Å². The van der Waals surface area contributed by atoms with Crippen LogP contribution in [0.1, 0.15) is 33.6 Å². The van der Waals surface area contributed by atoms with Crippen molar-refractivity contribution in [1.29, 1.82) is 0 Å². The van der Waals surface area contributed by atoms with Crippen LogP contribution in [0, 0.1) is 11.3 Å². The van der Waals surface area contributed by atoms with Crippen molar-refractivity contribution in [3.05, 3.63) is 0 Å². The molecule has 1 heterocycles. The number of methoxy groups -OCH3 is 1. The van der Waals surface area contributed by atoms with Crippen molar-refractivity contribution >= 4 is 12.1 Å². The summed E-state index contributed by atoms with van der Waals surface area (Å²) in [5.74, 6) is 0.0378. The highest BCUT2D eigenvalue weighted by molar-refractivity contribution is 5.79. The molecule has 1 saturated heterocycles. The number of fused-ring (bicyclic) bond motifs is 1. The van der Waals surface area contributed by atoms with E-state index in [1.807, 2.05) is 20.8 Å². The smallest absolute Gasteiger partial charge is 0.407 e. The summed E-state index contributed by atoms with van der Waals surface area (Å²) < 4.78 is 10.2. The zero-order valence-corrected chi connectivity index (χ0v) is 12.6. The van der Waals surface area contributed by atoms with Gasteiger partial charge in [-0.1, -0.05) is 0 Å². The minimum Gasteiger partial charge on any atom is -0.469 e. The third-order valence-corrected chi connectivity index (χ3v) is 4.11. The molecule has 1 aliphatic heterocycles. The van der Waals surface area contributed by atoms with Crippen molar-refractivity contribution in [3.8, 4) is 0 Å². The Kier molecular flexibility index (Phi) is 3.95. The minimum atomic E-state index is -0.514. The highest BCUT2D eigenvalue weighted by atomic mass is 16.6. The monoisotopic (exact) mass is 284 g/mol. The van der Waals surface area contributed by atoms with Crippen LogP contribution in [0.15, 0.2) is 0 Å². The van der Waals surface area contributed by atoms with Crippen LogP contribution >= 0.6 is 0 Å². The number of carbonyl (C=O) groups is 2. The average molecular weight is 284 g/mol. The second-order valence-electron chi connectivity index (χ2n) is 6.76. The van der Waals surface area contributed by atoms with Gasteiger partial charge in [0.15, 0.2) is 0 Å². The first kappa shape index (κ1) is 15.1. The van der Waals surface area contributed by atoms with Crippen molar-refractivity contribution in [2.75, 3.05) is 20.2 Å². The second kappa shape index (κ2) is 5.24. The van der Waals surface area contributed by atoms with Gasteiger partial charge in [-0.15, -0.1) is 0 Å². The van der Waals surface area contributed by atoms with E-state index >= 15 is 0 Å². The Balaban J connectivity index is 1.98. The predicted molar refractivity (Wildman–Crippen MR) is 73.2 cm³/mol. The molecule has 2 rings (SSSR count). The van der Waals surface area contributed by atoms with E-state index < -0.39 is 17.1 Å². The second-order valence-corrected chi connectivity index (χ2v) is 6.76. The summed E-state index contributed by atoms with van der Waals surface area (Å²) in [6.07, 6.45) is 0.966. The Labute approximate surface area is 119 Å². The zero-order chi connectivity index (χ0) is 15.0. The van der Waals surface area contributed by atoms with Gasteiger partial charge in [-0.3, -0.25) is 4.79 Å². The number of hydrogen-bond acceptors (Lipinski definition) is 5. The molecule has 0 spiro atoms. The lowest BCUT2D eigenvalue weighted by atomic mass is 9.81. The van der Waals surface area contributed by atoms with Gasteiger partial charge in [0.05, 0.1) is 12.5 Å². The van der Waals surface area contributed by atoms with Crippen molar-refractivity contribution in [3.63, 3.8) is 0 Å². The molecule has 2 aliphatic rings. The molecule has 2 N–H and O–H groups in total. The van der Waals surface area contributed by atoms with Crippen LogP contribution in [0.2, 0.25) is 0 Å². The standard InChI is InChI=1S/C14H24N2O4/c1-13(2,3)20-12(18)16-10-5-9-7-15-8-14(9,6-10)11(17)19-4/h9-10,15H,5-8H2,1-4H3,(H,16,18). The first-order valence-corrected chi connectivity index (χ1v) is 7.05. The van der Waals surface area contributed by atoms with Crippen molar-refractivity contribution < 1.29 is 19.1 Å².